The van der Waals surface area contributed by atoms with Gasteiger partial charge >= 0.3 is 0 Å². The molecule has 1 aliphatic carbocycles. The molecular weight excluding hydrogens is 279 g/mol. The summed E-state index contributed by atoms with van der Waals surface area (Å²) in [6.45, 7) is 8.14. The third-order valence-electron chi connectivity index (χ3n) is 4.81. The Hall–Kier alpha value is -0.980. The van der Waals surface area contributed by atoms with E-state index in [9.17, 15) is 12.8 Å². The van der Waals surface area contributed by atoms with Gasteiger partial charge in [0.25, 0.3) is 0 Å². The van der Waals surface area contributed by atoms with Gasteiger partial charge in [-0.2, -0.15) is 0 Å². The zero-order valence-electron chi connectivity index (χ0n) is 12.2. The molecule has 4 nitrogen and oxygen atoms in total. The van der Waals surface area contributed by atoms with E-state index < -0.39 is 15.8 Å². The van der Waals surface area contributed by atoms with Gasteiger partial charge in [-0.05, 0) is 28.5 Å². The van der Waals surface area contributed by atoms with Gasteiger partial charge in [0, 0.05) is 12.6 Å². The van der Waals surface area contributed by atoms with E-state index in [4.69, 9.17) is 5.73 Å². The summed E-state index contributed by atoms with van der Waals surface area (Å²) in [6, 6.07) is 3.71. The first kappa shape index (κ1) is 15.4. The molecule has 0 aromatic heterocycles. The number of hydrogen-bond donors (Lipinski definition) is 2. The number of halogens is 1. The van der Waals surface area contributed by atoms with Gasteiger partial charge in [0.15, 0.2) is 0 Å². The number of sulfonamides is 1. The molecule has 1 fully saturated rings. The summed E-state index contributed by atoms with van der Waals surface area (Å²) in [5.41, 5.74) is 5.76. The molecule has 20 heavy (non-hydrogen) atoms. The van der Waals surface area contributed by atoms with Crippen LogP contribution in [0.3, 0.4) is 0 Å². The van der Waals surface area contributed by atoms with E-state index in [1.54, 1.807) is 0 Å². The van der Waals surface area contributed by atoms with E-state index in [1.165, 1.54) is 12.1 Å². The maximum absolute atomic E-state index is 13.8. The van der Waals surface area contributed by atoms with E-state index in [0.717, 1.165) is 6.07 Å². The molecule has 0 unspecified atom stereocenters. The van der Waals surface area contributed by atoms with Crippen LogP contribution in [0, 0.1) is 16.6 Å². The SMILES string of the molecule is CC1(C)C(NS(=O)(=O)c2cc(CN)ccc2F)C1(C)C. The van der Waals surface area contributed by atoms with Gasteiger partial charge < -0.3 is 5.73 Å². The third kappa shape index (κ3) is 2.25. The Morgan fingerprint density at radius 3 is 2.25 bits per heavy atom. The largest absolute Gasteiger partial charge is 0.326 e. The molecule has 2 rings (SSSR count). The van der Waals surface area contributed by atoms with Crippen LogP contribution in [-0.4, -0.2) is 14.5 Å². The molecule has 6 heteroatoms. The lowest BCUT2D eigenvalue weighted by Gasteiger charge is -2.10. The number of rotatable bonds is 4. The van der Waals surface area contributed by atoms with E-state index in [2.05, 4.69) is 4.72 Å². The Bertz CT molecular complexity index is 625. The lowest BCUT2D eigenvalue weighted by atomic mass is 10.0. The lowest BCUT2D eigenvalue weighted by Crippen LogP contribution is -2.30. The highest BCUT2D eigenvalue weighted by Crippen LogP contribution is 2.62. The van der Waals surface area contributed by atoms with Gasteiger partial charge in [0.05, 0.1) is 0 Å². The summed E-state index contributed by atoms with van der Waals surface area (Å²) >= 11 is 0. The first-order chi connectivity index (χ1) is 9.04. The first-order valence-electron chi connectivity index (χ1n) is 6.55. The average Bonchev–Trinajstić information content (AvgIpc) is 2.72. The predicted molar refractivity (Wildman–Crippen MR) is 76.0 cm³/mol. The quantitative estimate of drug-likeness (QED) is 0.893. The fourth-order valence-electron chi connectivity index (χ4n) is 2.59. The normalized spacial score (nSPS) is 20.9. The van der Waals surface area contributed by atoms with Crippen LogP contribution >= 0.6 is 0 Å². The molecule has 0 amide bonds. The van der Waals surface area contributed by atoms with Crippen LogP contribution in [0.2, 0.25) is 0 Å². The van der Waals surface area contributed by atoms with Crippen molar-refractivity contribution in [3.63, 3.8) is 0 Å². The maximum atomic E-state index is 13.8. The summed E-state index contributed by atoms with van der Waals surface area (Å²) < 4.78 is 41.1. The fourth-order valence-corrected chi connectivity index (χ4v) is 4.25. The van der Waals surface area contributed by atoms with Crippen molar-refractivity contribution in [1.82, 2.24) is 4.72 Å². The summed E-state index contributed by atoms with van der Waals surface area (Å²) in [4.78, 5) is -0.334. The van der Waals surface area contributed by atoms with Crippen molar-refractivity contribution in [1.29, 1.82) is 0 Å². The van der Waals surface area contributed by atoms with Gasteiger partial charge in [-0.25, -0.2) is 17.5 Å². The molecule has 1 aliphatic rings. The number of nitrogens with two attached hydrogens (primary N) is 1. The Balaban J connectivity index is 2.33. The highest BCUT2D eigenvalue weighted by atomic mass is 32.2. The molecule has 0 radical (unpaired) electrons. The van der Waals surface area contributed by atoms with E-state index in [-0.39, 0.29) is 28.3 Å². The molecule has 0 saturated heterocycles. The van der Waals surface area contributed by atoms with Gasteiger partial charge in [-0.1, -0.05) is 33.8 Å². The zero-order chi connectivity index (χ0) is 15.3. The monoisotopic (exact) mass is 300 g/mol. The molecule has 0 aliphatic heterocycles. The van der Waals surface area contributed by atoms with Gasteiger partial charge in [0.2, 0.25) is 10.0 Å². The summed E-state index contributed by atoms with van der Waals surface area (Å²) in [7, 11) is -3.88. The topological polar surface area (TPSA) is 72.2 Å². The second-order valence-electron chi connectivity index (χ2n) is 6.47. The lowest BCUT2D eigenvalue weighted by molar-refractivity contribution is 0.457. The minimum Gasteiger partial charge on any atom is -0.326 e. The molecule has 0 heterocycles. The van der Waals surface area contributed by atoms with E-state index >= 15 is 0 Å². The van der Waals surface area contributed by atoms with Crippen LogP contribution in [0.1, 0.15) is 33.3 Å². The van der Waals surface area contributed by atoms with Crippen LogP contribution < -0.4 is 10.5 Å². The highest BCUT2D eigenvalue weighted by molar-refractivity contribution is 7.89. The summed E-state index contributed by atoms with van der Waals surface area (Å²) in [5.74, 6) is -0.758. The van der Waals surface area contributed by atoms with Crippen LogP contribution in [0.5, 0.6) is 0 Å². The fraction of sp³-hybridized carbons (Fsp3) is 0.571. The highest BCUT2D eigenvalue weighted by Gasteiger charge is 2.66. The molecule has 1 aromatic carbocycles. The van der Waals surface area contributed by atoms with Gasteiger partial charge in [-0.3, -0.25) is 0 Å². The second kappa shape index (κ2) is 4.51. The molecule has 3 N–H and O–H groups in total. The van der Waals surface area contributed by atoms with Crippen LogP contribution in [0.15, 0.2) is 23.1 Å². The number of nitrogens with one attached hydrogen (secondary N) is 1. The molecule has 1 aromatic rings. The van der Waals surface area contributed by atoms with Crippen molar-refractivity contribution in [3.8, 4) is 0 Å². The molecule has 0 bridgehead atoms. The number of hydrogen-bond acceptors (Lipinski definition) is 3. The summed E-state index contributed by atoms with van der Waals surface area (Å²) in [6.07, 6.45) is 0. The maximum Gasteiger partial charge on any atom is 0.243 e. The predicted octanol–water partition coefficient (Wildman–Crippen LogP) is 2.00. The van der Waals surface area contributed by atoms with Crippen LogP contribution in [0.4, 0.5) is 4.39 Å². The summed E-state index contributed by atoms with van der Waals surface area (Å²) in [5, 5.41) is 0. The van der Waals surface area contributed by atoms with Crippen molar-refractivity contribution in [3.05, 3.63) is 29.6 Å². The molecule has 0 atom stereocenters. The Morgan fingerprint density at radius 1 is 1.25 bits per heavy atom. The van der Waals surface area contributed by atoms with Crippen molar-refractivity contribution in [2.75, 3.05) is 0 Å². The van der Waals surface area contributed by atoms with E-state index in [0.29, 0.717) is 5.56 Å². The second-order valence-corrected chi connectivity index (χ2v) is 8.15. The Labute approximate surface area is 119 Å². The molecular formula is C14H21FN2O2S. The van der Waals surface area contributed by atoms with Crippen LogP contribution in [-0.2, 0) is 16.6 Å². The molecule has 112 valence electrons. The Kier molecular flexibility index (Phi) is 3.48. The standard InChI is InChI=1S/C14H21FN2O2S/c1-13(2)12(14(13,3)4)17-20(18,19)11-7-9(8-16)5-6-10(11)15/h5-7,12,17H,8,16H2,1-4H3. The van der Waals surface area contributed by atoms with Crippen molar-refractivity contribution in [2.45, 2.75) is 45.2 Å². The first-order valence-corrected chi connectivity index (χ1v) is 8.03. The van der Waals surface area contributed by atoms with Gasteiger partial charge in [-0.15, -0.1) is 0 Å². The number of benzene rings is 1. The van der Waals surface area contributed by atoms with E-state index in [1.807, 2.05) is 27.7 Å². The van der Waals surface area contributed by atoms with Crippen LogP contribution in [0.25, 0.3) is 0 Å². The molecule has 0 spiro atoms. The molecule has 1 saturated carbocycles. The zero-order valence-corrected chi connectivity index (χ0v) is 13.0. The van der Waals surface area contributed by atoms with Crippen molar-refractivity contribution < 1.29 is 12.8 Å². The van der Waals surface area contributed by atoms with Crippen molar-refractivity contribution in [2.24, 2.45) is 16.6 Å². The third-order valence-corrected chi connectivity index (χ3v) is 6.25. The average molecular weight is 300 g/mol. The minimum atomic E-state index is -3.88. The van der Waals surface area contributed by atoms with Crippen molar-refractivity contribution >= 4 is 10.0 Å². The van der Waals surface area contributed by atoms with Gasteiger partial charge in [0.1, 0.15) is 10.7 Å². The minimum absolute atomic E-state index is 0.151. The smallest absolute Gasteiger partial charge is 0.243 e. The Morgan fingerprint density at radius 2 is 1.80 bits per heavy atom.